The van der Waals surface area contributed by atoms with E-state index in [0.717, 1.165) is 57.4 Å². The van der Waals surface area contributed by atoms with E-state index in [0.29, 0.717) is 6.54 Å². The van der Waals surface area contributed by atoms with Crippen molar-refractivity contribution in [2.24, 2.45) is 3.21 Å². The average molecular weight is 628 g/mol. The van der Waals surface area contributed by atoms with Crippen molar-refractivity contribution in [3.63, 3.8) is 0 Å². The van der Waals surface area contributed by atoms with E-state index >= 15 is 0 Å². The van der Waals surface area contributed by atoms with Gasteiger partial charge in [-0.05, 0) is 35.2 Å². The minimum absolute atomic E-state index is 0.253. The Labute approximate surface area is 231 Å². The summed E-state index contributed by atoms with van der Waals surface area (Å²) in [7, 11) is 0. The van der Waals surface area contributed by atoms with E-state index in [2.05, 4.69) is 48.3 Å². The number of hydrogen-bond donors (Lipinski definition) is 0. The Morgan fingerprint density at radius 3 is 2.11 bits per heavy atom. The molecule has 0 aliphatic heterocycles. The molecule has 0 N–H and O–H groups in total. The molecule has 0 amide bonds. The molecular formula is C29H24F3IN4O. The average Bonchev–Trinajstić information content (AvgIpc) is 3.24. The minimum Gasteiger partial charge on any atom is -0.406 e. The summed E-state index contributed by atoms with van der Waals surface area (Å²) in [5.74, 6) is -0.253. The van der Waals surface area contributed by atoms with Crippen molar-refractivity contribution in [2.45, 2.75) is 32.8 Å². The normalized spacial score (nSPS) is 12.3. The van der Waals surface area contributed by atoms with Crippen LogP contribution in [0.1, 0.15) is 18.9 Å². The summed E-state index contributed by atoms with van der Waals surface area (Å²) in [6, 6.07) is 26.2. The Kier molecular flexibility index (Phi) is 7.55. The molecule has 9 heteroatoms. The number of aryl methyl sites for hydroxylation is 1. The lowest BCUT2D eigenvalue weighted by Crippen LogP contribution is -2.21. The molecule has 5 rings (SSSR count). The lowest BCUT2D eigenvalue weighted by atomic mass is 9.99. The van der Waals surface area contributed by atoms with Gasteiger partial charge in [-0.15, -0.1) is 13.2 Å². The molecule has 0 saturated carbocycles. The molecule has 5 nitrogen and oxygen atoms in total. The highest BCUT2D eigenvalue weighted by Gasteiger charge is 2.31. The largest absolute Gasteiger partial charge is 0.573 e. The lowest BCUT2D eigenvalue weighted by molar-refractivity contribution is -0.274. The fourth-order valence-electron chi connectivity index (χ4n) is 4.69. The summed E-state index contributed by atoms with van der Waals surface area (Å²) in [5, 5.41) is 0.928. The number of hydrogen-bond acceptors (Lipinski definition) is 3. The van der Waals surface area contributed by atoms with Crippen LogP contribution in [0, 0.1) is 0 Å². The third-order valence-corrected chi connectivity index (χ3v) is 6.66. The molecule has 0 atom stereocenters. The van der Waals surface area contributed by atoms with E-state index in [1.807, 2.05) is 65.6 Å². The first kappa shape index (κ1) is 26.0. The second-order valence-corrected chi connectivity index (χ2v) is 9.26. The highest BCUT2D eigenvalue weighted by molar-refractivity contribution is 14.1. The molecule has 0 radical (unpaired) electrons. The van der Waals surface area contributed by atoms with Gasteiger partial charge in [-0.25, -0.2) is 4.98 Å². The molecule has 0 spiro atoms. The van der Waals surface area contributed by atoms with Crippen LogP contribution in [0.4, 0.5) is 13.2 Å². The van der Waals surface area contributed by atoms with Gasteiger partial charge in [0.15, 0.2) is 5.49 Å². The van der Waals surface area contributed by atoms with Crippen LogP contribution in [0.5, 0.6) is 5.75 Å². The van der Waals surface area contributed by atoms with Crippen LogP contribution < -0.4 is 10.2 Å². The van der Waals surface area contributed by atoms with Gasteiger partial charge in [0.2, 0.25) is 0 Å². The number of fused-ring (bicyclic) bond motifs is 1. The van der Waals surface area contributed by atoms with E-state index in [-0.39, 0.29) is 5.75 Å². The maximum atomic E-state index is 12.7. The van der Waals surface area contributed by atoms with Crippen molar-refractivity contribution in [1.29, 1.82) is 0 Å². The van der Waals surface area contributed by atoms with E-state index in [1.165, 1.54) is 12.1 Å². The lowest BCUT2D eigenvalue weighted by Gasteiger charge is -2.14. The third kappa shape index (κ3) is 5.33. The zero-order valence-electron chi connectivity index (χ0n) is 20.5. The van der Waals surface area contributed by atoms with Gasteiger partial charge >= 0.3 is 6.36 Å². The van der Waals surface area contributed by atoms with Crippen molar-refractivity contribution in [3.05, 3.63) is 102 Å². The number of benzene rings is 3. The van der Waals surface area contributed by atoms with Crippen LogP contribution in [-0.2, 0) is 13.1 Å². The van der Waals surface area contributed by atoms with Crippen molar-refractivity contribution in [3.8, 4) is 28.1 Å². The van der Waals surface area contributed by atoms with Crippen molar-refractivity contribution < 1.29 is 17.9 Å². The second-order valence-electron chi connectivity index (χ2n) is 8.78. The van der Waals surface area contributed by atoms with E-state index in [1.54, 1.807) is 12.1 Å². The van der Waals surface area contributed by atoms with Gasteiger partial charge in [0.25, 0.3) is 0 Å². The first-order valence-corrected chi connectivity index (χ1v) is 13.1. The quantitative estimate of drug-likeness (QED) is 0.173. The van der Waals surface area contributed by atoms with Crippen LogP contribution >= 0.6 is 22.9 Å². The van der Waals surface area contributed by atoms with Crippen molar-refractivity contribution >= 4 is 33.9 Å². The summed E-state index contributed by atoms with van der Waals surface area (Å²) in [4.78, 5) is 4.89. The molecule has 38 heavy (non-hydrogen) atoms. The smallest absolute Gasteiger partial charge is 0.406 e. The van der Waals surface area contributed by atoms with Crippen LogP contribution in [0.25, 0.3) is 33.4 Å². The number of aromatic nitrogens is 3. The zero-order chi connectivity index (χ0) is 26.7. The molecule has 0 fully saturated rings. The van der Waals surface area contributed by atoms with Crippen LogP contribution in [0.2, 0.25) is 0 Å². The SMILES string of the molecule is CCCn1cnc2c(c(-c3ccccc3)c(-c3ccccc3)n2Cc2ccc(OC(F)(F)F)cc2)/c1=N/I. The summed E-state index contributed by atoms with van der Waals surface area (Å²) in [6.45, 7) is 3.27. The molecule has 0 saturated heterocycles. The number of rotatable bonds is 7. The van der Waals surface area contributed by atoms with Crippen LogP contribution in [-0.4, -0.2) is 20.5 Å². The standard InChI is InChI=1S/C29H24F3IN4O/c1-2-17-36-19-34-27-25(28(36)35-33)24(21-9-5-3-6-10-21)26(22-11-7-4-8-12-22)37(27)18-20-13-15-23(16-14-20)38-29(30,31)32/h3-16,19H,2,17-18H2,1H3/b35-28-. The summed E-state index contributed by atoms with van der Waals surface area (Å²) < 4.78 is 50.9. The predicted molar refractivity (Wildman–Crippen MR) is 151 cm³/mol. The minimum atomic E-state index is -4.74. The number of alkyl halides is 3. The van der Waals surface area contributed by atoms with Gasteiger partial charge < -0.3 is 13.9 Å². The van der Waals surface area contributed by atoms with Gasteiger partial charge in [0.1, 0.15) is 11.4 Å². The molecule has 194 valence electrons. The van der Waals surface area contributed by atoms with Gasteiger partial charge in [-0.3, -0.25) is 0 Å². The predicted octanol–water partition coefficient (Wildman–Crippen LogP) is 7.78. The molecule has 2 aromatic heterocycles. The fourth-order valence-corrected chi connectivity index (χ4v) is 5.20. The molecule has 0 aliphatic carbocycles. The van der Waals surface area contributed by atoms with E-state index < -0.39 is 6.36 Å². The highest BCUT2D eigenvalue weighted by atomic mass is 127. The van der Waals surface area contributed by atoms with Gasteiger partial charge in [-0.2, -0.15) is 3.21 Å². The summed E-state index contributed by atoms with van der Waals surface area (Å²) in [5.41, 5.74) is 6.39. The molecular weight excluding hydrogens is 604 g/mol. The van der Waals surface area contributed by atoms with Gasteiger partial charge in [-0.1, -0.05) is 79.7 Å². The van der Waals surface area contributed by atoms with Crippen LogP contribution in [0.15, 0.2) is 94.5 Å². The van der Waals surface area contributed by atoms with Gasteiger partial charge in [0.05, 0.1) is 40.3 Å². The molecule has 3 aromatic carbocycles. The molecule has 0 bridgehead atoms. The Morgan fingerprint density at radius 1 is 0.895 bits per heavy atom. The molecule has 2 heterocycles. The number of ether oxygens (including phenoxy) is 1. The third-order valence-electron chi connectivity index (χ3n) is 6.20. The zero-order valence-corrected chi connectivity index (χ0v) is 22.6. The first-order valence-electron chi connectivity index (χ1n) is 12.1. The maximum absolute atomic E-state index is 12.7. The highest BCUT2D eigenvalue weighted by Crippen LogP contribution is 2.39. The van der Waals surface area contributed by atoms with Gasteiger partial charge in [0, 0.05) is 18.7 Å². The molecule has 0 aliphatic rings. The summed E-state index contributed by atoms with van der Waals surface area (Å²) in [6.07, 6.45) is -2.00. The van der Waals surface area contributed by atoms with E-state index in [4.69, 9.17) is 4.98 Å². The first-order chi connectivity index (χ1) is 18.4. The Balaban J connectivity index is 1.79. The van der Waals surface area contributed by atoms with Crippen molar-refractivity contribution in [2.75, 3.05) is 0 Å². The molecule has 0 unspecified atom stereocenters. The maximum Gasteiger partial charge on any atom is 0.573 e. The topological polar surface area (TPSA) is 44.3 Å². The monoisotopic (exact) mass is 628 g/mol. The second kappa shape index (κ2) is 11.0. The Morgan fingerprint density at radius 2 is 1.53 bits per heavy atom. The summed E-state index contributed by atoms with van der Waals surface area (Å²) >= 11 is 2.04. The fraction of sp³-hybridized carbons (Fsp3) is 0.172. The van der Waals surface area contributed by atoms with E-state index in [9.17, 15) is 13.2 Å². The Bertz CT molecular complexity index is 1610. The number of halogens is 4. The number of nitrogens with zero attached hydrogens (tertiary/aromatic N) is 4. The Hall–Kier alpha value is -3.60. The van der Waals surface area contributed by atoms with Crippen molar-refractivity contribution in [1.82, 2.24) is 14.1 Å². The van der Waals surface area contributed by atoms with Crippen LogP contribution in [0.3, 0.4) is 0 Å². The molecule has 5 aromatic rings.